The summed E-state index contributed by atoms with van der Waals surface area (Å²) >= 11 is 7.34. The summed E-state index contributed by atoms with van der Waals surface area (Å²) in [4.78, 5) is 8.29. The minimum Gasteiger partial charge on any atom is -0.362 e. The standard InChI is InChI=1S/C8H8ClN3S/c1-2-10-8-12-5-4-11-7(9)3-6(5)13-8/h3-4H,2H2,1H3,(H,10,12). The quantitative estimate of drug-likeness (QED) is 0.780. The van der Waals surface area contributed by atoms with E-state index in [1.807, 2.05) is 13.0 Å². The summed E-state index contributed by atoms with van der Waals surface area (Å²) in [5.41, 5.74) is 0.894. The lowest BCUT2D eigenvalue weighted by atomic mass is 10.5. The van der Waals surface area contributed by atoms with Crippen LogP contribution in [0.4, 0.5) is 5.13 Å². The second kappa shape index (κ2) is 3.47. The highest BCUT2D eigenvalue weighted by atomic mass is 35.5. The fourth-order valence-electron chi connectivity index (χ4n) is 1.03. The molecule has 0 aliphatic rings. The van der Waals surface area contributed by atoms with Crippen molar-refractivity contribution in [2.45, 2.75) is 6.92 Å². The Balaban J connectivity index is 2.49. The molecule has 1 N–H and O–H groups in total. The molecular weight excluding hydrogens is 206 g/mol. The van der Waals surface area contributed by atoms with E-state index in [2.05, 4.69) is 15.3 Å². The lowest BCUT2D eigenvalue weighted by Gasteiger charge is -1.91. The number of anilines is 1. The Morgan fingerprint density at radius 3 is 3.23 bits per heavy atom. The van der Waals surface area contributed by atoms with Crippen LogP contribution in [0, 0.1) is 0 Å². The zero-order chi connectivity index (χ0) is 9.26. The largest absolute Gasteiger partial charge is 0.362 e. The van der Waals surface area contributed by atoms with Crippen LogP contribution in [0.3, 0.4) is 0 Å². The van der Waals surface area contributed by atoms with Gasteiger partial charge in [0.25, 0.3) is 0 Å². The van der Waals surface area contributed by atoms with E-state index >= 15 is 0 Å². The molecule has 2 rings (SSSR count). The number of rotatable bonds is 2. The summed E-state index contributed by atoms with van der Waals surface area (Å²) in [5.74, 6) is 0. The molecule has 0 atom stereocenters. The van der Waals surface area contributed by atoms with Crippen LogP contribution >= 0.6 is 22.9 Å². The van der Waals surface area contributed by atoms with Crippen molar-refractivity contribution in [3.63, 3.8) is 0 Å². The second-order valence-electron chi connectivity index (χ2n) is 2.52. The number of hydrogen-bond donors (Lipinski definition) is 1. The maximum Gasteiger partial charge on any atom is 0.183 e. The highest BCUT2D eigenvalue weighted by molar-refractivity contribution is 7.22. The van der Waals surface area contributed by atoms with E-state index in [1.165, 1.54) is 0 Å². The smallest absolute Gasteiger partial charge is 0.183 e. The normalized spacial score (nSPS) is 10.6. The third-order valence-corrected chi connectivity index (χ3v) is 2.75. The predicted molar refractivity (Wildman–Crippen MR) is 56.6 cm³/mol. The van der Waals surface area contributed by atoms with Crippen LogP contribution in [0.1, 0.15) is 6.92 Å². The Hall–Kier alpha value is -0.870. The fraction of sp³-hybridized carbons (Fsp3) is 0.250. The molecule has 0 radical (unpaired) electrons. The maximum absolute atomic E-state index is 5.75. The van der Waals surface area contributed by atoms with Gasteiger partial charge < -0.3 is 5.32 Å². The van der Waals surface area contributed by atoms with Crippen molar-refractivity contribution in [1.29, 1.82) is 0 Å². The summed E-state index contributed by atoms with van der Waals surface area (Å²) in [6.45, 7) is 2.91. The molecule has 0 unspecified atom stereocenters. The molecule has 0 aromatic carbocycles. The molecule has 68 valence electrons. The number of hydrogen-bond acceptors (Lipinski definition) is 4. The summed E-state index contributed by atoms with van der Waals surface area (Å²) in [5, 5.41) is 4.58. The Morgan fingerprint density at radius 1 is 1.62 bits per heavy atom. The number of nitrogens with zero attached hydrogens (tertiary/aromatic N) is 2. The molecule has 2 aromatic heterocycles. The molecule has 13 heavy (non-hydrogen) atoms. The van der Waals surface area contributed by atoms with Gasteiger partial charge >= 0.3 is 0 Å². The van der Waals surface area contributed by atoms with Crippen molar-refractivity contribution in [1.82, 2.24) is 9.97 Å². The van der Waals surface area contributed by atoms with Gasteiger partial charge in [0, 0.05) is 6.54 Å². The highest BCUT2D eigenvalue weighted by Gasteiger charge is 2.03. The van der Waals surface area contributed by atoms with E-state index in [1.54, 1.807) is 17.5 Å². The average molecular weight is 214 g/mol. The molecule has 2 aromatic rings. The van der Waals surface area contributed by atoms with Gasteiger partial charge in [-0.2, -0.15) is 0 Å². The van der Waals surface area contributed by atoms with Crippen LogP contribution in [0.2, 0.25) is 5.15 Å². The van der Waals surface area contributed by atoms with Gasteiger partial charge in [-0.3, -0.25) is 0 Å². The average Bonchev–Trinajstić information content (AvgIpc) is 2.46. The Kier molecular flexibility index (Phi) is 2.33. The van der Waals surface area contributed by atoms with Gasteiger partial charge in [0.05, 0.1) is 10.9 Å². The summed E-state index contributed by atoms with van der Waals surface area (Å²) in [6, 6.07) is 1.83. The van der Waals surface area contributed by atoms with E-state index in [4.69, 9.17) is 11.6 Å². The van der Waals surface area contributed by atoms with Gasteiger partial charge in [-0.1, -0.05) is 22.9 Å². The van der Waals surface area contributed by atoms with Crippen molar-refractivity contribution < 1.29 is 0 Å². The van der Waals surface area contributed by atoms with Gasteiger partial charge in [0.1, 0.15) is 10.7 Å². The number of halogens is 1. The highest BCUT2D eigenvalue weighted by Crippen LogP contribution is 2.26. The first-order valence-electron chi connectivity index (χ1n) is 3.95. The summed E-state index contributed by atoms with van der Waals surface area (Å²) in [7, 11) is 0. The molecule has 0 aliphatic heterocycles. The Labute approximate surface area is 84.8 Å². The number of nitrogens with one attached hydrogen (secondary N) is 1. The number of aromatic nitrogens is 2. The number of pyridine rings is 1. The zero-order valence-corrected chi connectivity index (χ0v) is 8.61. The molecule has 0 saturated carbocycles. The number of thiazole rings is 1. The van der Waals surface area contributed by atoms with Crippen molar-refractivity contribution in [3.05, 3.63) is 17.4 Å². The van der Waals surface area contributed by atoms with Crippen LogP contribution < -0.4 is 5.32 Å². The van der Waals surface area contributed by atoms with Crippen molar-refractivity contribution in [2.24, 2.45) is 0 Å². The van der Waals surface area contributed by atoms with E-state index in [0.29, 0.717) is 5.15 Å². The minimum atomic E-state index is 0.513. The first kappa shape index (κ1) is 8.72. The van der Waals surface area contributed by atoms with Crippen molar-refractivity contribution in [2.75, 3.05) is 11.9 Å². The summed E-state index contributed by atoms with van der Waals surface area (Å²) in [6.07, 6.45) is 1.69. The minimum absolute atomic E-state index is 0.513. The van der Waals surface area contributed by atoms with E-state index in [9.17, 15) is 0 Å². The zero-order valence-electron chi connectivity index (χ0n) is 7.04. The van der Waals surface area contributed by atoms with Crippen molar-refractivity contribution >= 4 is 38.3 Å². The lowest BCUT2D eigenvalue weighted by Crippen LogP contribution is -1.94. The van der Waals surface area contributed by atoms with E-state index in [-0.39, 0.29) is 0 Å². The van der Waals surface area contributed by atoms with E-state index in [0.717, 1.165) is 21.9 Å². The monoisotopic (exact) mass is 213 g/mol. The molecule has 0 amide bonds. The van der Waals surface area contributed by atoms with Crippen LogP contribution in [0.25, 0.3) is 10.2 Å². The molecular formula is C8H8ClN3S. The van der Waals surface area contributed by atoms with Gasteiger partial charge in [0.2, 0.25) is 0 Å². The first-order chi connectivity index (χ1) is 6.29. The van der Waals surface area contributed by atoms with E-state index < -0.39 is 0 Å². The Morgan fingerprint density at radius 2 is 2.46 bits per heavy atom. The molecule has 0 aliphatic carbocycles. The first-order valence-corrected chi connectivity index (χ1v) is 5.15. The van der Waals surface area contributed by atoms with Crippen LogP contribution in [0.5, 0.6) is 0 Å². The Bertz CT molecular complexity index is 426. The predicted octanol–water partition coefficient (Wildman–Crippen LogP) is 2.78. The topological polar surface area (TPSA) is 37.8 Å². The summed E-state index contributed by atoms with van der Waals surface area (Å²) < 4.78 is 1.07. The molecule has 2 heterocycles. The van der Waals surface area contributed by atoms with Crippen LogP contribution in [0.15, 0.2) is 12.3 Å². The molecule has 5 heteroatoms. The SMILES string of the molecule is CCNc1nc2cnc(Cl)cc2s1. The third kappa shape index (κ3) is 1.73. The molecule has 3 nitrogen and oxygen atoms in total. The lowest BCUT2D eigenvalue weighted by molar-refractivity contribution is 1.20. The molecule has 0 fully saturated rings. The van der Waals surface area contributed by atoms with Gasteiger partial charge in [0.15, 0.2) is 5.13 Å². The molecule has 0 spiro atoms. The van der Waals surface area contributed by atoms with Crippen LogP contribution in [-0.2, 0) is 0 Å². The van der Waals surface area contributed by atoms with Gasteiger partial charge in [-0.05, 0) is 13.0 Å². The third-order valence-electron chi connectivity index (χ3n) is 1.57. The second-order valence-corrected chi connectivity index (χ2v) is 3.94. The fourth-order valence-corrected chi connectivity index (χ4v) is 2.20. The van der Waals surface area contributed by atoms with Gasteiger partial charge in [-0.25, -0.2) is 9.97 Å². The van der Waals surface area contributed by atoms with Crippen molar-refractivity contribution in [3.8, 4) is 0 Å². The molecule has 0 bridgehead atoms. The van der Waals surface area contributed by atoms with Gasteiger partial charge in [-0.15, -0.1) is 0 Å². The number of fused-ring (bicyclic) bond motifs is 1. The maximum atomic E-state index is 5.75. The molecule has 0 saturated heterocycles. The van der Waals surface area contributed by atoms with Crippen LogP contribution in [-0.4, -0.2) is 16.5 Å².